The number of rotatable bonds is 8. The molecule has 35 heavy (non-hydrogen) atoms. The smallest absolute Gasteiger partial charge is 0.295 e. The fourth-order valence-corrected chi connectivity index (χ4v) is 3.98. The maximum absolute atomic E-state index is 13.4. The van der Waals surface area contributed by atoms with E-state index in [9.17, 15) is 19.7 Å². The second-order valence-electron chi connectivity index (χ2n) is 7.93. The Kier molecular flexibility index (Phi) is 7.02. The van der Waals surface area contributed by atoms with Crippen molar-refractivity contribution in [3.8, 4) is 16.9 Å². The van der Waals surface area contributed by atoms with Crippen molar-refractivity contribution < 1.29 is 14.5 Å². The molecule has 1 aromatic heterocycles. The van der Waals surface area contributed by atoms with Gasteiger partial charge in [-0.1, -0.05) is 12.7 Å². The predicted octanol–water partition coefficient (Wildman–Crippen LogP) is 3.53. The number of nitro benzene ring substituents is 1. The topological polar surface area (TPSA) is 120 Å². The Bertz CT molecular complexity index is 1320. The number of hydrogen-bond acceptors (Lipinski definition) is 8. The molecule has 0 unspecified atom stereocenters. The van der Waals surface area contributed by atoms with Crippen molar-refractivity contribution in [2.24, 2.45) is 0 Å². The zero-order valence-electron chi connectivity index (χ0n) is 19.3. The minimum absolute atomic E-state index is 0.0560. The normalized spacial score (nSPS) is 13.3. The van der Waals surface area contributed by atoms with Gasteiger partial charge in [0.2, 0.25) is 0 Å². The van der Waals surface area contributed by atoms with Gasteiger partial charge in [0, 0.05) is 42.5 Å². The molecule has 0 radical (unpaired) electrons. The van der Waals surface area contributed by atoms with Crippen LogP contribution in [-0.4, -0.2) is 53.8 Å². The summed E-state index contributed by atoms with van der Waals surface area (Å²) in [4.78, 5) is 38.2. The molecule has 1 aliphatic rings. The van der Waals surface area contributed by atoms with Gasteiger partial charge in [0.1, 0.15) is 17.7 Å². The van der Waals surface area contributed by atoms with Gasteiger partial charge in [-0.3, -0.25) is 19.7 Å². The summed E-state index contributed by atoms with van der Waals surface area (Å²) in [5.74, 6) is 0. The van der Waals surface area contributed by atoms with Crippen LogP contribution in [0.5, 0.6) is 0 Å². The first-order chi connectivity index (χ1) is 16.9. The van der Waals surface area contributed by atoms with Crippen molar-refractivity contribution in [2.75, 3.05) is 43.1 Å². The van der Waals surface area contributed by atoms with Crippen LogP contribution in [0.3, 0.4) is 0 Å². The molecule has 3 aromatic rings. The highest BCUT2D eigenvalue weighted by Crippen LogP contribution is 2.29. The van der Waals surface area contributed by atoms with E-state index in [0.717, 1.165) is 10.4 Å². The number of carbonyl (C=O) groups excluding carboxylic acids is 1. The SMILES string of the molecule is C=Cc1cc(C=O)cc(-c2cc(NCC)c(=O)n(-c3cc(N4CCOCC4)ccc3[N+](=O)[O-])n2)c1. The van der Waals surface area contributed by atoms with Gasteiger partial charge in [-0.05, 0) is 48.9 Å². The Morgan fingerprint density at radius 1 is 1.17 bits per heavy atom. The zero-order chi connectivity index (χ0) is 24.9. The third-order valence-electron chi connectivity index (χ3n) is 5.68. The molecule has 1 fully saturated rings. The zero-order valence-corrected chi connectivity index (χ0v) is 19.3. The van der Waals surface area contributed by atoms with Crippen molar-refractivity contribution in [3.05, 3.63) is 80.6 Å². The first kappa shape index (κ1) is 23.8. The Labute approximate surface area is 201 Å². The molecule has 0 aliphatic carbocycles. The molecule has 1 aliphatic heterocycles. The average molecular weight is 476 g/mol. The molecule has 10 heteroatoms. The molecule has 2 aromatic carbocycles. The maximum atomic E-state index is 13.4. The molecule has 0 spiro atoms. The lowest BCUT2D eigenvalue weighted by Gasteiger charge is -2.29. The summed E-state index contributed by atoms with van der Waals surface area (Å²) in [6, 6.07) is 11.3. The summed E-state index contributed by atoms with van der Waals surface area (Å²) in [5.41, 5.74) is 2.33. The van der Waals surface area contributed by atoms with Gasteiger partial charge in [-0.2, -0.15) is 9.78 Å². The van der Waals surface area contributed by atoms with Crippen LogP contribution in [0.15, 0.2) is 53.8 Å². The molecule has 1 N–H and O–H groups in total. The third-order valence-corrected chi connectivity index (χ3v) is 5.68. The minimum atomic E-state index is -0.533. The highest BCUT2D eigenvalue weighted by atomic mass is 16.6. The number of morpholine rings is 1. The van der Waals surface area contributed by atoms with Crippen LogP contribution in [-0.2, 0) is 4.74 Å². The van der Waals surface area contributed by atoms with E-state index in [-0.39, 0.29) is 17.1 Å². The average Bonchev–Trinajstić information content (AvgIpc) is 2.89. The van der Waals surface area contributed by atoms with E-state index in [0.29, 0.717) is 61.5 Å². The van der Waals surface area contributed by atoms with Gasteiger partial charge >= 0.3 is 0 Å². The summed E-state index contributed by atoms with van der Waals surface area (Å²) in [6.07, 6.45) is 2.32. The Hall–Kier alpha value is -4.31. The van der Waals surface area contributed by atoms with Crippen molar-refractivity contribution in [2.45, 2.75) is 6.92 Å². The Balaban J connectivity index is 1.95. The molecule has 180 valence electrons. The van der Waals surface area contributed by atoms with E-state index >= 15 is 0 Å². The molecule has 0 saturated carbocycles. The number of nitrogens with zero attached hydrogens (tertiary/aromatic N) is 4. The second-order valence-corrected chi connectivity index (χ2v) is 7.93. The lowest BCUT2D eigenvalue weighted by molar-refractivity contribution is -0.384. The number of nitro groups is 1. The quantitative estimate of drug-likeness (QED) is 0.299. The van der Waals surface area contributed by atoms with E-state index in [2.05, 4.69) is 17.0 Å². The lowest BCUT2D eigenvalue weighted by Crippen LogP contribution is -2.36. The van der Waals surface area contributed by atoms with E-state index in [1.807, 2.05) is 11.8 Å². The van der Waals surface area contributed by atoms with Crippen LogP contribution in [0.25, 0.3) is 23.0 Å². The second kappa shape index (κ2) is 10.3. The number of aromatic nitrogens is 2. The number of aldehydes is 1. The van der Waals surface area contributed by atoms with Crippen LogP contribution >= 0.6 is 0 Å². The molecule has 1 saturated heterocycles. The molecule has 0 amide bonds. The number of benzene rings is 2. The summed E-state index contributed by atoms with van der Waals surface area (Å²) in [6.45, 7) is 8.41. The monoisotopic (exact) mass is 475 g/mol. The minimum Gasteiger partial charge on any atom is -0.381 e. The third kappa shape index (κ3) is 4.97. The molecule has 0 atom stereocenters. The van der Waals surface area contributed by atoms with Gasteiger partial charge < -0.3 is 15.0 Å². The lowest BCUT2D eigenvalue weighted by atomic mass is 10.0. The van der Waals surface area contributed by atoms with Gasteiger partial charge in [-0.25, -0.2) is 0 Å². The standard InChI is InChI=1S/C25H25N5O5/c1-3-17-11-18(16-31)13-19(12-17)21-15-22(26-4-2)25(32)29(27-21)24-14-20(5-6-23(24)30(33)34)28-7-9-35-10-8-28/h3,5-6,11-16,26H,1,4,7-10H2,2H3. The van der Waals surface area contributed by atoms with Gasteiger partial charge in [0.25, 0.3) is 11.2 Å². The van der Waals surface area contributed by atoms with Crippen molar-refractivity contribution in [1.82, 2.24) is 9.78 Å². The summed E-state index contributed by atoms with van der Waals surface area (Å²) < 4.78 is 6.46. The van der Waals surface area contributed by atoms with Crippen LogP contribution in [0.1, 0.15) is 22.8 Å². The van der Waals surface area contributed by atoms with Crippen molar-refractivity contribution in [1.29, 1.82) is 0 Å². The first-order valence-corrected chi connectivity index (χ1v) is 11.2. The number of hydrogen-bond donors (Lipinski definition) is 1. The molecular weight excluding hydrogens is 450 g/mol. The number of carbonyl (C=O) groups is 1. The summed E-state index contributed by atoms with van der Waals surface area (Å²) in [5, 5.41) is 19.4. The summed E-state index contributed by atoms with van der Waals surface area (Å²) >= 11 is 0. The highest BCUT2D eigenvalue weighted by Gasteiger charge is 2.23. The molecule has 0 bridgehead atoms. The van der Waals surface area contributed by atoms with E-state index in [4.69, 9.17) is 4.74 Å². The number of ether oxygens (including phenoxy) is 1. The van der Waals surface area contributed by atoms with Crippen LogP contribution in [0, 0.1) is 10.1 Å². The molecule has 2 heterocycles. The fraction of sp³-hybridized carbons (Fsp3) is 0.240. The van der Waals surface area contributed by atoms with Crippen molar-refractivity contribution >= 4 is 29.4 Å². The van der Waals surface area contributed by atoms with E-state index in [1.165, 1.54) is 6.07 Å². The van der Waals surface area contributed by atoms with Crippen LogP contribution in [0.4, 0.5) is 17.1 Å². The Morgan fingerprint density at radius 3 is 2.57 bits per heavy atom. The van der Waals surface area contributed by atoms with Crippen molar-refractivity contribution in [3.63, 3.8) is 0 Å². The van der Waals surface area contributed by atoms with E-state index in [1.54, 1.807) is 42.5 Å². The van der Waals surface area contributed by atoms with Gasteiger partial charge in [0.05, 0.1) is 23.8 Å². The fourth-order valence-electron chi connectivity index (χ4n) is 3.98. The molecule has 4 rings (SSSR count). The number of anilines is 2. The maximum Gasteiger partial charge on any atom is 0.295 e. The van der Waals surface area contributed by atoms with Gasteiger partial charge in [-0.15, -0.1) is 0 Å². The van der Waals surface area contributed by atoms with Gasteiger partial charge in [0.15, 0.2) is 0 Å². The molecule has 10 nitrogen and oxygen atoms in total. The predicted molar refractivity (Wildman–Crippen MR) is 135 cm³/mol. The Morgan fingerprint density at radius 2 is 1.91 bits per heavy atom. The molecular formula is C25H25N5O5. The number of nitrogens with one attached hydrogen (secondary N) is 1. The highest BCUT2D eigenvalue weighted by molar-refractivity contribution is 5.81. The summed E-state index contributed by atoms with van der Waals surface area (Å²) in [7, 11) is 0. The van der Waals surface area contributed by atoms with E-state index < -0.39 is 10.5 Å². The first-order valence-electron chi connectivity index (χ1n) is 11.2. The van der Waals surface area contributed by atoms with Crippen LogP contribution in [0.2, 0.25) is 0 Å². The largest absolute Gasteiger partial charge is 0.381 e. The van der Waals surface area contributed by atoms with Crippen LogP contribution < -0.4 is 15.8 Å².